The molecule has 0 aromatic heterocycles. The first-order valence-corrected chi connectivity index (χ1v) is 8.64. The lowest BCUT2D eigenvalue weighted by Crippen LogP contribution is -2.27. The summed E-state index contributed by atoms with van der Waals surface area (Å²) in [6.07, 6.45) is 0.977. The molecular weight excluding hydrogens is 310 g/mol. The molecule has 0 radical (unpaired) electrons. The lowest BCUT2D eigenvalue weighted by molar-refractivity contribution is 0.0779. The number of hydrogen-bond donors (Lipinski definition) is 1. The van der Waals surface area contributed by atoms with Crippen molar-refractivity contribution in [2.24, 2.45) is 0 Å². The van der Waals surface area contributed by atoms with E-state index in [1.54, 1.807) is 0 Å². The molecule has 3 heteroatoms. The topological polar surface area (TPSA) is 52.3 Å². The van der Waals surface area contributed by atoms with E-state index in [4.69, 9.17) is 10.5 Å². The fraction of sp³-hybridized carbons (Fsp3) is 0.227. The van der Waals surface area contributed by atoms with Gasteiger partial charge in [-0.3, -0.25) is 4.79 Å². The monoisotopic (exact) mass is 333 g/mol. The summed E-state index contributed by atoms with van der Waals surface area (Å²) in [5.74, 6) is 0.561. The first-order chi connectivity index (χ1) is 12.1. The lowest BCUT2D eigenvalue weighted by Gasteiger charge is -2.19. The van der Waals surface area contributed by atoms with E-state index in [0.717, 1.165) is 22.8 Å². The minimum atomic E-state index is -0.531. The molecule has 0 spiro atoms. The van der Waals surface area contributed by atoms with E-state index >= 15 is 0 Å². The molecular formula is C22H23NO2. The molecule has 0 fully saturated rings. The molecule has 0 aliphatic carbocycles. The fourth-order valence-corrected chi connectivity index (χ4v) is 2.96. The number of benzene rings is 3. The average molecular weight is 333 g/mol. The van der Waals surface area contributed by atoms with Crippen LogP contribution in [0, 0.1) is 6.92 Å². The summed E-state index contributed by atoms with van der Waals surface area (Å²) in [5.41, 5.74) is 8.34. The summed E-state index contributed by atoms with van der Waals surface area (Å²) >= 11 is 0. The second kappa shape index (κ2) is 7.39. The van der Waals surface area contributed by atoms with Crippen LogP contribution in [0.2, 0.25) is 0 Å². The quantitative estimate of drug-likeness (QED) is 0.501. The van der Waals surface area contributed by atoms with Gasteiger partial charge in [0.15, 0.2) is 6.10 Å². The number of Topliss-reactive ketones (excluding diaryl/α,β-unsaturated/α-hetero) is 1. The highest BCUT2D eigenvalue weighted by Crippen LogP contribution is 2.26. The highest BCUT2D eigenvalue weighted by Gasteiger charge is 2.22. The van der Waals surface area contributed by atoms with E-state index in [1.807, 2.05) is 74.5 Å². The number of nitrogen functional groups attached to an aromatic ring is 1. The van der Waals surface area contributed by atoms with Gasteiger partial charge in [-0.15, -0.1) is 0 Å². The van der Waals surface area contributed by atoms with Crippen molar-refractivity contribution in [2.45, 2.75) is 32.8 Å². The Kier molecular flexibility index (Phi) is 5.03. The second-order valence-electron chi connectivity index (χ2n) is 6.36. The van der Waals surface area contributed by atoms with Gasteiger partial charge in [0.2, 0.25) is 5.78 Å². The van der Waals surface area contributed by atoms with Gasteiger partial charge in [-0.1, -0.05) is 55.8 Å². The third-order valence-electron chi connectivity index (χ3n) is 4.31. The Bertz CT molecular complexity index is 901. The van der Waals surface area contributed by atoms with Crippen LogP contribution in [0.15, 0.2) is 60.7 Å². The van der Waals surface area contributed by atoms with E-state index in [9.17, 15) is 4.79 Å². The SMILES string of the molecule is CCCC(Oc1ccc(C)cc1N)C(=O)c1ccc2ccccc2c1. The lowest BCUT2D eigenvalue weighted by atomic mass is 9.99. The van der Waals surface area contributed by atoms with E-state index in [-0.39, 0.29) is 5.78 Å². The normalized spacial score (nSPS) is 12.1. The van der Waals surface area contributed by atoms with Crippen molar-refractivity contribution in [3.8, 4) is 5.75 Å². The molecule has 25 heavy (non-hydrogen) atoms. The third kappa shape index (κ3) is 3.82. The summed E-state index contributed by atoms with van der Waals surface area (Å²) in [6.45, 7) is 4.02. The number of ketones is 1. The Morgan fingerprint density at radius 1 is 1.04 bits per heavy atom. The summed E-state index contributed by atoms with van der Waals surface area (Å²) in [6, 6.07) is 19.4. The van der Waals surface area contributed by atoms with Gasteiger partial charge in [-0.05, 0) is 47.9 Å². The molecule has 3 nitrogen and oxygen atoms in total. The molecule has 128 valence electrons. The van der Waals surface area contributed by atoms with Gasteiger partial charge >= 0.3 is 0 Å². The zero-order valence-corrected chi connectivity index (χ0v) is 14.7. The second-order valence-corrected chi connectivity index (χ2v) is 6.36. The summed E-state index contributed by atoms with van der Waals surface area (Å²) in [7, 11) is 0. The van der Waals surface area contributed by atoms with Gasteiger partial charge in [-0.2, -0.15) is 0 Å². The Balaban J connectivity index is 1.88. The number of nitrogens with two attached hydrogens (primary N) is 1. The largest absolute Gasteiger partial charge is 0.480 e. The van der Waals surface area contributed by atoms with Crippen molar-refractivity contribution in [1.29, 1.82) is 0 Å². The van der Waals surface area contributed by atoms with Crippen LogP contribution in [-0.2, 0) is 0 Å². The van der Waals surface area contributed by atoms with Crippen LogP contribution >= 0.6 is 0 Å². The number of fused-ring (bicyclic) bond motifs is 1. The van der Waals surface area contributed by atoms with Crippen LogP contribution in [0.1, 0.15) is 35.7 Å². The molecule has 0 aliphatic heterocycles. The van der Waals surface area contributed by atoms with Crippen LogP contribution in [0.5, 0.6) is 5.75 Å². The van der Waals surface area contributed by atoms with Crippen LogP contribution in [0.3, 0.4) is 0 Å². The number of ether oxygens (including phenoxy) is 1. The van der Waals surface area contributed by atoms with Crippen molar-refractivity contribution in [3.63, 3.8) is 0 Å². The van der Waals surface area contributed by atoms with Gasteiger partial charge < -0.3 is 10.5 Å². The Morgan fingerprint density at radius 2 is 1.80 bits per heavy atom. The molecule has 3 aromatic carbocycles. The van der Waals surface area contributed by atoms with Gasteiger partial charge in [0.1, 0.15) is 5.75 Å². The van der Waals surface area contributed by atoms with Crippen LogP contribution in [0.25, 0.3) is 10.8 Å². The summed E-state index contributed by atoms with van der Waals surface area (Å²) < 4.78 is 5.99. The van der Waals surface area contributed by atoms with Crippen molar-refractivity contribution in [2.75, 3.05) is 5.73 Å². The molecule has 3 rings (SSSR count). The molecule has 0 saturated carbocycles. The fourth-order valence-electron chi connectivity index (χ4n) is 2.96. The number of aryl methyl sites for hydroxylation is 1. The number of carbonyl (C=O) groups is 1. The van der Waals surface area contributed by atoms with Gasteiger partial charge in [-0.25, -0.2) is 0 Å². The van der Waals surface area contributed by atoms with Crippen LogP contribution in [0.4, 0.5) is 5.69 Å². The van der Waals surface area contributed by atoms with Gasteiger partial charge in [0, 0.05) is 5.56 Å². The number of rotatable bonds is 6. The maximum Gasteiger partial charge on any atom is 0.203 e. The molecule has 0 amide bonds. The maximum absolute atomic E-state index is 13.0. The van der Waals surface area contributed by atoms with Crippen LogP contribution in [-0.4, -0.2) is 11.9 Å². The third-order valence-corrected chi connectivity index (χ3v) is 4.31. The molecule has 1 unspecified atom stereocenters. The first-order valence-electron chi connectivity index (χ1n) is 8.64. The van der Waals surface area contributed by atoms with Crippen LogP contribution < -0.4 is 10.5 Å². The van der Waals surface area contributed by atoms with E-state index in [2.05, 4.69) is 0 Å². The molecule has 2 N–H and O–H groups in total. The smallest absolute Gasteiger partial charge is 0.203 e. The molecule has 3 aromatic rings. The molecule has 0 saturated heterocycles. The van der Waals surface area contributed by atoms with E-state index in [1.165, 1.54) is 0 Å². The van der Waals surface area contributed by atoms with Crippen molar-refractivity contribution >= 4 is 22.2 Å². The summed E-state index contributed by atoms with van der Waals surface area (Å²) in [5, 5.41) is 2.17. The Labute approximate surface area is 148 Å². The molecule has 0 bridgehead atoms. The van der Waals surface area contributed by atoms with Gasteiger partial charge in [0.25, 0.3) is 0 Å². The average Bonchev–Trinajstić information content (AvgIpc) is 2.62. The van der Waals surface area contributed by atoms with Crippen molar-refractivity contribution in [3.05, 3.63) is 71.8 Å². The standard InChI is InChI=1S/C22H23NO2/c1-3-6-21(25-20-12-9-15(2)13-19(20)23)22(24)18-11-10-16-7-4-5-8-17(16)14-18/h4-5,7-14,21H,3,6,23H2,1-2H3. The number of carbonyl (C=O) groups excluding carboxylic acids is 1. The number of anilines is 1. The Morgan fingerprint density at radius 3 is 2.52 bits per heavy atom. The van der Waals surface area contributed by atoms with E-state index in [0.29, 0.717) is 23.4 Å². The van der Waals surface area contributed by atoms with E-state index < -0.39 is 6.10 Å². The predicted molar refractivity (Wildman–Crippen MR) is 103 cm³/mol. The minimum absolute atomic E-state index is 0.00687. The Hall–Kier alpha value is -2.81. The minimum Gasteiger partial charge on any atom is -0.480 e. The maximum atomic E-state index is 13.0. The first kappa shape index (κ1) is 17.0. The molecule has 0 aliphatic rings. The highest BCUT2D eigenvalue weighted by atomic mass is 16.5. The molecule has 0 heterocycles. The molecule has 1 atom stereocenters. The summed E-state index contributed by atoms with van der Waals surface area (Å²) in [4.78, 5) is 13.0. The highest BCUT2D eigenvalue weighted by molar-refractivity contribution is 6.02. The van der Waals surface area contributed by atoms with Gasteiger partial charge in [0.05, 0.1) is 5.69 Å². The van der Waals surface area contributed by atoms with Crippen molar-refractivity contribution < 1.29 is 9.53 Å². The zero-order chi connectivity index (χ0) is 17.8. The number of hydrogen-bond acceptors (Lipinski definition) is 3. The zero-order valence-electron chi connectivity index (χ0n) is 14.7. The van der Waals surface area contributed by atoms with Crippen molar-refractivity contribution in [1.82, 2.24) is 0 Å². The predicted octanol–water partition coefficient (Wildman–Crippen LogP) is 5.16.